The molecule has 2 aliphatic heterocycles. The van der Waals surface area contributed by atoms with E-state index >= 15 is 0 Å². The lowest BCUT2D eigenvalue weighted by Gasteiger charge is -2.31. The lowest BCUT2D eigenvalue weighted by Crippen LogP contribution is -2.42. The van der Waals surface area contributed by atoms with E-state index in [0.717, 1.165) is 0 Å². The van der Waals surface area contributed by atoms with Gasteiger partial charge in [-0.25, -0.2) is 0 Å². The normalized spacial score (nSPS) is 20.5. The van der Waals surface area contributed by atoms with Crippen LogP contribution >= 0.6 is 0 Å². The van der Waals surface area contributed by atoms with Gasteiger partial charge in [-0.15, -0.1) is 0 Å². The molecule has 1 unspecified atom stereocenters. The van der Waals surface area contributed by atoms with Crippen LogP contribution in [-0.2, 0) is 14.3 Å². The molecule has 2 heterocycles. The first-order chi connectivity index (χ1) is 16.4. The third-order valence-electron chi connectivity index (χ3n) is 6.08. The second-order valence-electron chi connectivity index (χ2n) is 8.00. The Morgan fingerprint density at radius 1 is 1.12 bits per heavy atom. The number of amides is 1. The zero-order valence-corrected chi connectivity index (χ0v) is 18.7. The summed E-state index contributed by atoms with van der Waals surface area (Å²) in [5, 5.41) is 22.3. The van der Waals surface area contributed by atoms with E-state index in [-0.39, 0.29) is 29.1 Å². The van der Waals surface area contributed by atoms with Crippen LogP contribution in [0.25, 0.3) is 5.76 Å². The van der Waals surface area contributed by atoms with Crippen LogP contribution in [0.1, 0.15) is 17.2 Å². The maximum absolute atomic E-state index is 13.1. The molecule has 0 saturated carbocycles. The number of ether oxygens (including phenoxy) is 2. The number of hydrogen-bond donors (Lipinski definition) is 1. The Kier molecular flexibility index (Phi) is 6.90. The van der Waals surface area contributed by atoms with E-state index in [1.54, 1.807) is 24.3 Å². The van der Waals surface area contributed by atoms with Crippen molar-refractivity contribution in [1.29, 1.82) is 0 Å². The Balaban J connectivity index is 1.77. The summed E-state index contributed by atoms with van der Waals surface area (Å²) in [6.45, 7) is 3.39. The number of likely N-dealkylation sites (tertiary alicyclic amines) is 1. The van der Waals surface area contributed by atoms with Crippen LogP contribution in [0.15, 0.2) is 54.1 Å². The third-order valence-corrected chi connectivity index (χ3v) is 6.08. The predicted octanol–water partition coefficient (Wildman–Crippen LogP) is 2.36. The van der Waals surface area contributed by atoms with E-state index in [1.165, 1.54) is 36.3 Å². The first-order valence-electron chi connectivity index (χ1n) is 10.9. The second-order valence-corrected chi connectivity index (χ2v) is 8.00. The molecule has 2 fully saturated rings. The van der Waals surface area contributed by atoms with Gasteiger partial charge in [0.15, 0.2) is 0 Å². The number of Topliss-reactive ketones (excluding diaryl/α,β-unsaturated/α-hetero) is 1. The number of aliphatic hydroxyl groups is 1. The lowest BCUT2D eigenvalue weighted by molar-refractivity contribution is -0.384. The molecule has 2 saturated heterocycles. The molecule has 4 rings (SSSR count). The smallest absolute Gasteiger partial charge is 0.295 e. The molecule has 2 aliphatic rings. The summed E-state index contributed by atoms with van der Waals surface area (Å²) in [6.07, 6.45) is 0. The van der Waals surface area contributed by atoms with Crippen molar-refractivity contribution in [2.75, 3.05) is 46.5 Å². The SMILES string of the molecule is COc1ccccc1/C(O)=C1\C(=O)C(=O)N(CCN2CCOCC2)C1c1ccc([N+](=O)[O-])cc1. The lowest BCUT2D eigenvalue weighted by atomic mass is 9.95. The fourth-order valence-corrected chi connectivity index (χ4v) is 4.29. The first-order valence-corrected chi connectivity index (χ1v) is 10.9. The molecule has 1 atom stereocenters. The molecular weight excluding hydrogens is 442 g/mol. The quantitative estimate of drug-likeness (QED) is 0.217. The van der Waals surface area contributed by atoms with Crippen molar-refractivity contribution in [3.8, 4) is 5.75 Å². The molecule has 1 N–H and O–H groups in total. The minimum absolute atomic E-state index is 0.0784. The van der Waals surface area contributed by atoms with Gasteiger partial charge < -0.3 is 19.5 Å². The number of morpholine rings is 1. The molecule has 10 nitrogen and oxygen atoms in total. The van der Waals surface area contributed by atoms with E-state index in [2.05, 4.69) is 4.90 Å². The van der Waals surface area contributed by atoms with Crippen molar-refractivity contribution in [3.05, 3.63) is 75.3 Å². The number of carbonyl (C=O) groups is 2. The summed E-state index contributed by atoms with van der Waals surface area (Å²) in [6, 6.07) is 11.4. The highest BCUT2D eigenvalue weighted by atomic mass is 16.6. The van der Waals surface area contributed by atoms with Crippen molar-refractivity contribution in [1.82, 2.24) is 9.80 Å². The van der Waals surface area contributed by atoms with Gasteiger partial charge in [-0.3, -0.25) is 24.6 Å². The van der Waals surface area contributed by atoms with Crippen LogP contribution in [-0.4, -0.2) is 78.0 Å². The van der Waals surface area contributed by atoms with Gasteiger partial charge in [0.25, 0.3) is 17.4 Å². The highest BCUT2D eigenvalue weighted by molar-refractivity contribution is 6.46. The number of para-hydroxylation sites is 1. The van der Waals surface area contributed by atoms with Gasteiger partial charge in [-0.05, 0) is 29.8 Å². The van der Waals surface area contributed by atoms with Crippen LogP contribution in [0.5, 0.6) is 5.75 Å². The number of ketones is 1. The predicted molar refractivity (Wildman–Crippen MR) is 122 cm³/mol. The van der Waals surface area contributed by atoms with Gasteiger partial charge in [0.05, 0.1) is 42.4 Å². The van der Waals surface area contributed by atoms with Crippen molar-refractivity contribution < 1.29 is 29.1 Å². The number of nitro groups is 1. The average molecular weight is 467 g/mol. The fourth-order valence-electron chi connectivity index (χ4n) is 4.29. The van der Waals surface area contributed by atoms with E-state index in [0.29, 0.717) is 44.2 Å². The van der Waals surface area contributed by atoms with Crippen LogP contribution < -0.4 is 4.74 Å². The summed E-state index contributed by atoms with van der Waals surface area (Å²) < 4.78 is 10.7. The molecule has 0 radical (unpaired) electrons. The van der Waals surface area contributed by atoms with Gasteiger partial charge in [0, 0.05) is 38.3 Å². The van der Waals surface area contributed by atoms with Gasteiger partial charge in [0.2, 0.25) is 0 Å². The molecule has 2 aromatic rings. The molecule has 10 heteroatoms. The Morgan fingerprint density at radius 2 is 1.79 bits per heavy atom. The van der Waals surface area contributed by atoms with Crippen LogP contribution in [0.3, 0.4) is 0 Å². The molecule has 0 aromatic heterocycles. The van der Waals surface area contributed by atoms with E-state index in [9.17, 15) is 24.8 Å². The van der Waals surface area contributed by atoms with E-state index in [4.69, 9.17) is 9.47 Å². The Morgan fingerprint density at radius 3 is 2.44 bits per heavy atom. The minimum atomic E-state index is -0.897. The first kappa shape index (κ1) is 23.4. The van der Waals surface area contributed by atoms with Crippen LogP contribution in [0, 0.1) is 10.1 Å². The van der Waals surface area contributed by atoms with Crippen molar-refractivity contribution >= 4 is 23.1 Å². The second kappa shape index (κ2) is 10.0. The number of aliphatic hydroxyl groups excluding tert-OH is 1. The Hall–Kier alpha value is -3.76. The van der Waals surface area contributed by atoms with Crippen molar-refractivity contribution in [2.45, 2.75) is 6.04 Å². The zero-order valence-electron chi connectivity index (χ0n) is 18.7. The maximum Gasteiger partial charge on any atom is 0.295 e. The Bertz CT molecular complexity index is 1120. The molecule has 0 aliphatic carbocycles. The van der Waals surface area contributed by atoms with Crippen LogP contribution in [0.4, 0.5) is 5.69 Å². The average Bonchev–Trinajstić information content (AvgIpc) is 3.12. The molecule has 178 valence electrons. The summed E-state index contributed by atoms with van der Waals surface area (Å²) in [5.41, 5.74) is 0.579. The topological polar surface area (TPSA) is 122 Å². The number of benzene rings is 2. The summed E-state index contributed by atoms with van der Waals surface area (Å²) in [4.78, 5) is 40.4. The van der Waals surface area contributed by atoms with Gasteiger partial charge >= 0.3 is 0 Å². The monoisotopic (exact) mass is 467 g/mol. The third kappa shape index (κ3) is 4.50. The molecule has 0 bridgehead atoms. The summed E-state index contributed by atoms with van der Waals surface area (Å²) in [5.74, 6) is -1.54. The molecule has 2 aromatic carbocycles. The van der Waals surface area contributed by atoms with E-state index < -0.39 is 22.7 Å². The number of hydrogen-bond acceptors (Lipinski definition) is 8. The molecule has 34 heavy (non-hydrogen) atoms. The van der Waals surface area contributed by atoms with Gasteiger partial charge in [0.1, 0.15) is 11.5 Å². The molecule has 0 spiro atoms. The zero-order chi connectivity index (χ0) is 24.2. The van der Waals surface area contributed by atoms with Gasteiger partial charge in [-0.1, -0.05) is 12.1 Å². The van der Waals surface area contributed by atoms with Crippen molar-refractivity contribution in [3.63, 3.8) is 0 Å². The summed E-state index contributed by atoms with van der Waals surface area (Å²) in [7, 11) is 1.45. The van der Waals surface area contributed by atoms with Gasteiger partial charge in [-0.2, -0.15) is 0 Å². The summed E-state index contributed by atoms with van der Waals surface area (Å²) >= 11 is 0. The fraction of sp³-hybridized carbons (Fsp3) is 0.333. The number of methoxy groups -OCH3 is 1. The number of nitro benzene ring substituents is 1. The highest BCUT2D eigenvalue weighted by Gasteiger charge is 2.46. The van der Waals surface area contributed by atoms with Crippen molar-refractivity contribution in [2.24, 2.45) is 0 Å². The van der Waals surface area contributed by atoms with E-state index in [1.807, 2.05) is 0 Å². The molecule has 1 amide bonds. The standard InChI is InChI=1S/C24H25N3O7/c1-33-19-5-3-2-4-18(19)22(28)20-21(16-6-8-17(9-7-16)27(31)32)26(24(30)23(20)29)11-10-25-12-14-34-15-13-25/h2-9,21,28H,10-15H2,1H3/b22-20+. The Labute approximate surface area is 196 Å². The molecular formula is C24H25N3O7. The number of non-ortho nitro benzene ring substituents is 1. The number of nitrogens with zero attached hydrogens (tertiary/aromatic N) is 3. The number of rotatable bonds is 7. The minimum Gasteiger partial charge on any atom is -0.507 e. The largest absolute Gasteiger partial charge is 0.507 e. The maximum atomic E-state index is 13.1. The highest BCUT2D eigenvalue weighted by Crippen LogP contribution is 2.41. The van der Waals surface area contributed by atoms with Crippen LogP contribution in [0.2, 0.25) is 0 Å². The number of carbonyl (C=O) groups excluding carboxylic acids is 2.